The maximum atomic E-state index is 13.9. The molecule has 1 aromatic carbocycles. The Morgan fingerprint density at radius 3 is 2.81 bits per heavy atom. The molecule has 1 unspecified atom stereocenters. The predicted octanol–water partition coefficient (Wildman–Crippen LogP) is 3.79. The second kappa shape index (κ2) is 6.79. The maximum Gasteiger partial charge on any atom is 0.308 e. The van der Waals surface area contributed by atoms with Crippen molar-refractivity contribution in [3.63, 3.8) is 0 Å². The molecule has 1 aromatic rings. The average molecular weight is 311 g/mol. The minimum absolute atomic E-state index is 0.0209. The van der Waals surface area contributed by atoms with Crippen LogP contribution in [0.5, 0.6) is 0 Å². The Kier molecular flexibility index (Phi) is 5.27. The summed E-state index contributed by atoms with van der Waals surface area (Å²) >= 11 is 1.39. The van der Waals surface area contributed by atoms with Crippen LogP contribution in [0, 0.1) is 11.7 Å². The van der Waals surface area contributed by atoms with Gasteiger partial charge in [-0.25, -0.2) is 4.39 Å². The fourth-order valence-electron chi connectivity index (χ4n) is 3.18. The fraction of sp³-hybridized carbons (Fsp3) is 0.562. The highest BCUT2D eigenvalue weighted by atomic mass is 32.2. The number of piperidine rings is 1. The van der Waals surface area contributed by atoms with Crippen LogP contribution in [-0.4, -0.2) is 34.8 Å². The van der Waals surface area contributed by atoms with Crippen molar-refractivity contribution in [2.75, 3.05) is 12.8 Å². The molecule has 1 fully saturated rings. The Balaban J connectivity index is 2.20. The topological polar surface area (TPSA) is 40.5 Å². The number of rotatable bonds is 4. The lowest BCUT2D eigenvalue weighted by Gasteiger charge is -2.41. The zero-order valence-corrected chi connectivity index (χ0v) is 13.5. The largest absolute Gasteiger partial charge is 0.481 e. The van der Waals surface area contributed by atoms with Gasteiger partial charge in [-0.1, -0.05) is 6.07 Å². The van der Waals surface area contributed by atoms with Gasteiger partial charge in [0.15, 0.2) is 0 Å². The number of carboxylic acid groups (broad SMARTS) is 1. The first kappa shape index (κ1) is 16.3. The first-order valence-electron chi connectivity index (χ1n) is 7.27. The summed E-state index contributed by atoms with van der Waals surface area (Å²) in [6, 6.07) is 5.31. The minimum Gasteiger partial charge on any atom is -0.481 e. The molecule has 2 rings (SSSR count). The molecule has 1 aliphatic heterocycles. The third-order valence-electron chi connectivity index (χ3n) is 4.51. The Morgan fingerprint density at radius 1 is 1.52 bits per heavy atom. The van der Waals surface area contributed by atoms with E-state index in [1.807, 2.05) is 26.2 Å². The molecule has 5 heteroatoms. The highest BCUT2D eigenvalue weighted by molar-refractivity contribution is 7.98. The van der Waals surface area contributed by atoms with Crippen molar-refractivity contribution in [2.24, 2.45) is 5.92 Å². The summed E-state index contributed by atoms with van der Waals surface area (Å²) in [5.41, 5.74) is 0.906. The van der Waals surface area contributed by atoms with Gasteiger partial charge in [0.05, 0.1) is 5.92 Å². The summed E-state index contributed by atoms with van der Waals surface area (Å²) in [5.74, 6) is -1.27. The molecule has 1 saturated heterocycles. The zero-order valence-electron chi connectivity index (χ0n) is 12.7. The van der Waals surface area contributed by atoms with Crippen LogP contribution in [0.3, 0.4) is 0 Å². The van der Waals surface area contributed by atoms with E-state index < -0.39 is 5.97 Å². The van der Waals surface area contributed by atoms with Gasteiger partial charge in [-0.2, -0.15) is 0 Å². The number of hydrogen-bond acceptors (Lipinski definition) is 3. The van der Waals surface area contributed by atoms with Crippen LogP contribution in [0.4, 0.5) is 4.39 Å². The molecule has 0 saturated carbocycles. The van der Waals surface area contributed by atoms with Crippen LogP contribution in [0.15, 0.2) is 23.1 Å². The number of thioether (sulfide) groups is 1. The number of nitrogens with zero attached hydrogens (tertiary/aromatic N) is 1. The quantitative estimate of drug-likeness (QED) is 0.859. The molecule has 3 nitrogen and oxygen atoms in total. The van der Waals surface area contributed by atoms with Crippen LogP contribution in [-0.2, 0) is 4.79 Å². The van der Waals surface area contributed by atoms with Gasteiger partial charge in [-0.3, -0.25) is 9.69 Å². The number of halogens is 1. The third kappa shape index (κ3) is 3.40. The van der Waals surface area contributed by atoms with E-state index in [1.54, 1.807) is 12.1 Å². The lowest BCUT2D eigenvalue weighted by Crippen LogP contribution is -2.47. The standard InChI is InChI=1S/C16H22FNO2S/c1-10(12-6-7-15(21-3)14(17)9-12)18-8-4-5-13(11(18)2)16(19)20/h6-7,9-11,13H,4-5,8H2,1-3H3,(H,19,20)/t10?,11-,13-/m0/s1. The van der Waals surface area contributed by atoms with E-state index in [1.165, 1.54) is 11.8 Å². The summed E-state index contributed by atoms with van der Waals surface area (Å²) in [5, 5.41) is 9.30. The monoisotopic (exact) mass is 311 g/mol. The van der Waals surface area contributed by atoms with E-state index in [-0.39, 0.29) is 23.8 Å². The summed E-state index contributed by atoms with van der Waals surface area (Å²) in [7, 11) is 0. The van der Waals surface area contributed by atoms with Crippen molar-refractivity contribution >= 4 is 17.7 Å². The molecule has 21 heavy (non-hydrogen) atoms. The van der Waals surface area contributed by atoms with Crippen molar-refractivity contribution in [3.05, 3.63) is 29.6 Å². The van der Waals surface area contributed by atoms with Gasteiger partial charge in [-0.05, 0) is 57.2 Å². The molecule has 1 aliphatic rings. The van der Waals surface area contributed by atoms with E-state index in [2.05, 4.69) is 4.90 Å². The normalized spacial score (nSPS) is 24.8. The molecular weight excluding hydrogens is 289 g/mol. The van der Waals surface area contributed by atoms with Crippen LogP contribution in [0.2, 0.25) is 0 Å². The van der Waals surface area contributed by atoms with Crippen LogP contribution >= 0.6 is 11.8 Å². The smallest absolute Gasteiger partial charge is 0.308 e. The van der Waals surface area contributed by atoms with Crippen molar-refractivity contribution in [3.8, 4) is 0 Å². The van der Waals surface area contributed by atoms with Crippen molar-refractivity contribution in [1.82, 2.24) is 4.90 Å². The number of hydrogen-bond donors (Lipinski definition) is 1. The summed E-state index contributed by atoms with van der Waals surface area (Å²) in [4.78, 5) is 14.1. The molecule has 1 heterocycles. The molecule has 1 N–H and O–H groups in total. The van der Waals surface area contributed by atoms with Gasteiger partial charge in [0, 0.05) is 17.0 Å². The molecule has 0 amide bonds. The summed E-state index contributed by atoms with van der Waals surface area (Å²) in [6.07, 6.45) is 3.45. The van der Waals surface area contributed by atoms with Crippen LogP contribution in [0.25, 0.3) is 0 Å². The SMILES string of the molecule is CSc1ccc(C(C)N2CCC[C@H](C(=O)O)[C@@H]2C)cc1F. The van der Waals surface area contributed by atoms with Crippen molar-refractivity contribution < 1.29 is 14.3 Å². The number of carboxylic acids is 1. The van der Waals surface area contributed by atoms with Gasteiger partial charge in [0.1, 0.15) is 5.82 Å². The highest BCUT2D eigenvalue weighted by Crippen LogP contribution is 2.33. The van der Waals surface area contributed by atoms with Crippen molar-refractivity contribution in [1.29, 1.82) is 0 Å². The van der Waals surface area contributed by atoms with E-state index in [9.17, 15) is 14.3 Å². The third-order valence-corrected chi connectivity index (χ3v) is 5.28. The van der Waals surface area contributed by atoms with E-state index in [0.29, 0.717) is 4.90 Å². The zero-order chi connectivity index (χ0) is 15.6. The maximum absolute atomic E-state index is 13.9. The van der Waals surface area contributed by atoms with E-state index in [4.69, 9.17) is 0 Å². The molecular formula is C16H22FNO2S. The van der Waals surface area contributed by atoms with Gasteiger partial charge < -0.3 is 5.11 Å². The molecule has 3 atom stereocenters. The first-order chi connectivity index (χ1) is 9.95. The molecule has 116 valence electrons. The summed E-state index contributed by atoms with van der Waals surface area (Å²) < 4.78 is 13.9. The van der Waals surface area contributed by atoms with E-state index in [0.717, 1.165) is 24.9 Å². The first-order valence-corrected chi connectivity index (χ1v) is 8.50. The minimum atomic E-state index is -0.733. The molecule has 0 aliphatic carbocycles. The second-order valence-corrected chi connectivity index (χ2v) is 6.48. The summed E-state index contributed by atoms with van der Waals surface area (Å²) in [6.45, 7) is 4.84. The Labute approximate surface area is 129 Å². The number of likely N-dealkylation sites (tertiary alicyclic amines) is 1. The molecule has 0 aromatic heterocycles. The lowest BCUT2D eigenvalue weighted by atomic mass is 9.88. The second-order valence-electron chi connectivity index (χ2n) is 5.64. The van der Waals surface area contributed by atoms with Crippen molar-refractivity contribution in [2.45, 2.75) is 43.7 Å². The average Bonchev–Trinajstić information content (AvgIpc) is 2.46. The Hall–Kier alpha value is -1.07. The van der Waals surface area contributed by atoms with E-state index >= 15 is 0 Å². The number of aliphatic carboxylic acids is 1. The fourth-order valence-corrected chi connectivity index (χ4v) is 3.64. The Bertz CT molecular complexity index is 523. The molecule has 0 bridgehead atoms. The molecule has 0 radical (unpaired) electrons. The Morgan fingerprint density at radius 2 is 2.24 bits per heavy atom. The van der Waals surface area contributed by atoms with Gasteiger partial charge in [0.25, 0.3) is 0 Å². The molecule has 0 spiro atoms. The van der Waals surface area contributed by atoms with Gasteiger partial charge in [0.2, 0.25) is 0 Å². The van der Waals surface area contributed by atoms with Gasteiger partial charge >= 0.3 is 5.97 Å². The van der Waals surface area contributed by atoms with Gasteiger partial charge in [-0.15, -0.1) is 11.8 Å². The predicted molar refractivity (Wildman–Crippen MR) is 83.1 cm³/mol. The number of benzene rings is 1. The highest BCUT2D eigenvalue weighted by Gasteiger charge is 2.35. The van der Waals surface area contributed by atoms with Crippen LogP contribution in [0.1, 0.15) is 38.3 Å². The lowest BCUT2D eigenvalue weighted by molar-refractivity contribution is -0.146. The number of carbonyl (C=O) groups is 1. The van der Waals surface area contributed by atoms with Crippen LogP contribution < -0.4 is 0 Å².